The molecule has 7 heteroatoms. The van der Waals surface area contributed by atoms with E-state index in [-0.39, 0.29) is 12.5 Å². The monoisotopic (exact) mass is 394 g/mol. The number of pyridine rings is 1. The number of esters is 1. The first-order valence-corrected chi connectivity index (χ1v) is 9.47. The quantitative estimate of drug-likeness (QED) is 0.621. The van der Waals surface area contributed by atoms with Gasteiger partial charge in [0.05, 0.1) is 11.3 Å². The highest BCUT2D eigenvalue weighted by molar-refractivity contribution is 5.94. The van der Waals surface area contributed by atoms with Crippen LogP contribution in [0, 0.1) is 6.92 Å². The molecule has 0 aliphatic heterocycles. The molecule has 0 saturated carbocycles. The third kappa shape index (κ3) is 4.62. The van der Waals surface area contributed by atoms with Crippen LogP contribution in [0.15, 0.2) is 42.6 Å². The molecule has 0 N–H and O–H groups in total. The molecule has 3 aromatic rings. The van der Waals surface area contributed by atoms with Gasteiger partial charge in [-0.25, -0.2) is 9.78 Å². The molecule has 1 aromatic carbocycles. The fraction of sp³-hybridized carbons (Fsp3) is 0.364. The summed E-state index contributed by atoms with van der Waals surface area (Å²) < 4.78 is 6.96. The predicted octanol–water partition coefficient (Wildman–Crippen LogP) is 3.26. The summed E-state index contributed by atoms with van der Waals surface area (Å²) in [4.78, 5) is 31.3. The van der Waals surface area contributed by atoms with Gasteiger partial charge in [-0.3, -0.25) is 9.48 Å². The summed E-state index contributed by atoms with van der Waals surface area (Å²) >= 11 is 0. The Morgan fingerprint density at radius 2 is 1.86 bits per heavy atom. The summed E-state index contributed by atoms with van der Waals surface area (Å²) in [6.07, 6.45) is 1.45. The summed E-state index contributed by atoms with van der Waals surface area (Å²) in [5, 5.41) is 5.08. The Kier molecular flexibility index (Phi) is 5.68. The molecular weight excluding hydrogens is 368 g/mol. The number of fused-ring (bicyclic) bond motifs is 1. The van der Waals surface area contributed by atoms with Crippen LogP contribution in [0.25, 0.3) is 11.0 Å². The number of aryl methyl sites for hydroxylation is 2. The van der Waals surface area contributed by atoms with Crippen molar-refractivity contribution in [3.63, 3.8) is 0 Å². The maximum Gasteiger partial charge on any atom is 0.340 e. The smallest absolute Gasteiger partial charge is 0.340 e. The molecule has 0 saturated heterocycles. The minimum Gasteiger partial charge on any atom is -0.452 e. The van der Waals surface area contributed by atoms with Gasteiger partial charge >= 0.3 is 5.97 Å². The van der Waals surface area contributed by atoms with E-state index in [1.54, 1.807) is 22.7 Å². The van der Waals surface area contributed by atoms with Crippen LogP contribution in [-0.4, -0.2) is 43.7 Å². The lowest BCUT2D eigenvalue weighted by Gasteiger charge is -2.35. The largest absolute Gasteiger partial charge is 0.452 e. The van der Waals surface area contributed by atoms with E-state index in [9.17, 15) is 9.59 Å². The van der Waals surface area contributed by atoms with E-state index < -0.39 is 11.5 Å². The lowest BCUT2D eigenvalue weighted by molar-refractivity contribution is -0.140. The van der Waals surface area contributed by atoms with Crippen molar-refractivity contribution >= 4 is 22.9 Å². The maximum atomic E-state index is 12.8. The number of nitrogens with zero attached hydrogens (tertiary/aromatic N) is 4. The normalized spacial score (nSPS) is 11.5. The Labute approximate surface area is 170 Å². The number of carbonyl (C=O) groups is 2. The van der Waals surface area contributed by atoms with Crippen LogP contribution in [0.3, 0.4) is 0 Å². The maximum absolute atomic E-state index is 12.8. The minimum atomic E-state index is -0.579. The average molecular weight is 394 g/mol. The van der Waals surface area contributed by atoms with Crippen molar-refractivity contribution in [2.75, 3.05) is 6.61 Å². The molecule has 0 aliphatic carbocycles. The minimum absolute atomic E-state index is 0.249. The summed E-state index contributed by atoms with van der Waals surface area (Å²) in [5.41, 5.74) is 2.38. The molecule has 0 radical (unpaired) electrons. The number of amides is 1. The lowest BCUT2D eigenvalue weighted by atomic mass is 10.0. The Morgan fingerprint density at radius 1 is 1.17 bits per heavy atom. The topological polar surface area (TPSA) is 77.3 Å². The molecule has 2 aromatic heterocycles. The lowest BCUT2D eigenvalue weighted by Crippen LogP contribution is -2.46. The molecule has 29 heavy (non-hydrogen) atoms. The molecule has 0 atom stereocenters. The van der Waals surface area contributed by atoms with Gasteiger partial charge in [0.1, 0.15) is 0 Å². The highest BCUT2D eigenvalue weighted by Crippen LogP contribution is 2.19. The number of carbonyl (C=O) groups excluding carboxylic acids is 2. The first-order valence-electron chi connectivity index (χ1n) is 9.47. The molecule has 0 aliphatic rings. The molecule has 0 bridgehead atoms. The third-order valence-corrected chi connectivity index (χ3v) is 4.72. The standard InChI is InChI=1S/C22H26N4O3/c1-15-18-11-17(12-23-20(18)25(5)24-15)21(28)29-14-19(27)26(22(2,3)4)13-16-9-7-6-8-10-16/h6-12H,13-14H2,1-5H3. The number of ether oxygens (including phenoxy) is 1. The number of rotatable bonds is 5. The highest BCUT2D eigenvalue weighted by atomic mass is 16.5. The van der Waals surface area contributed by atoms with Gasteiger partial charge in [0.25, 0.3) is 5.91 Å². The predicted molar refractivity (Wildman–Crippen MR) is 110 cm³/mol. The van der Waals surface area contributed by atoms with Crippen LogP contribution >= 0.6 is 0 Å². The van der Waals surface area contributed by atoms with E-state index in [4.69, 9.17) is 4.74 Å². The fourth-order valence-electron chi connectivity index (χ4n) is 3.17. The zero-order chi connectivity index (χ0) is 21.2. The van der Waals surface area contributed by atoms with Gasteiger partial charge < -0.3 is 9.64 Å². The van der Waals surface area contributed by atoms with Crippen molar-refractivity contribution in [2.45, 2.75) is 39.8 Å². The highest BCUT2D eigenvalue weighted by Gasteiger charge is 2.27. The van der Waals surface area contributed by atoms with E-state index in [0.717, 1.165) is 16.6 Å². The second kappa shape index (κ2) is 8.03. The van der Waals surface area contributed by atoms with Crippen molar-refractivity contribution in [1.82, 2.24) is 19.7 Å². The summed E-state index contributed by atoms with van der Waals surface area (Å²) in [5.74, 6) is -0.828. The van der Waals surface area contributed by atoms with Crippen LogP contribution in [0.4, 0.5) is 0 Å². The molecule has 1 amide bonds. The van der Waals surface area contributed by atoms with E-state index in [2.05, 4.69) is 10.1 Å². The average Bonchev–Trinajstić information content (AvgIpc) is 2.97. The van der Waals surface area contributed by atoms with Crippen molar-refractivity contribution in [3.8, 4) is 0 Å². The summed E-state index contributed by atoms with van der Waals surface area (Å²) in [6, 6.07) is 11.4. The second-order valence-corrected chi connectivity index (χ2v) is 8.02. The Balaban J connectivity index is 1.70. The van der Waals surface area contributed by atoms with Crippen molar-refractivity contribution in [2.24, 2.45) is 7.05 Å². The fourth-order valence-corrected chi connectivity index (χ4v) is 3.17. The van der Waals surface area contributed by atoms with Crippen molar-refractivity contribution < 1.29 is 14.3 Å². The van der Waals surface area contributed by atoms with Gasteiger partial charge in [-0.05, 0) is 39.3 Å². The number of hydrogen-bond acceptors (Lipinski definition) is 5. The number of benzene rings is 1. The van der Waals surface area contributed by atoms with E-state index in [1.807, 2.05) is 58.0 Å². The first kappa shape index (κ1) is 20.5. The zero-order valence-electron chi connectivity index (χ0n) is 17.5. The van der Waals surface area contributed by atoms with Gasteiger partial charge in [-0.15, -0.1) is 0 Å². The van der Waals surface area contributed by atoms with Crippen molar-refractivity contribution in [3.05, 3.63) is 59.4 Å². The molecule has 7 nitrogen and oxygen atoms in total. The van der Waals surface area contributed by atoms with E-state index in [0.29, 0.717) is 17.8 Å². The van der Waals surface area contributed by atoms with Gasteiger partial charge in [0.2, 0.25) is 0 Å². The molecular formula is C22H26N4O3. The molecule has 0 spiro atoms. The molecule has 0 unspecified atom stereocenters. The van der Waals surface area contributed by atoms with Crippen LogP contribution in [0.2, 0.25) is 0 Å². The molecule has 2 heterocycles. The van der Waals surface area contributed by atoms with Crippen molar-refractivity contribution in [1.29, 1.82) is 0 Å². The number of hydrogen-bond donors (Lipinski definition) is 0. The summed E-state index contributed by atoms with van der Waals surface area (Å²) in [7, 11) is 1.80. The SMILES string of the molecule is Cc1nn(C)c2ncc(C(=O)OCC(=O)N(Cc3ccccc3)C(C)(C)C)cc12. The van der Waals surface area contributed by atoms with Crippen LogP contribution in [0.5, 0.6) is 0 Å². The first-order chi connectivity index (χ1) is 13.7. The van der Waals surface area contributed by atoms with E-state index >= 15 is 0 Å². The van der Waals surface area contributed by atoms with Gasteiger partial charge in [0.15, 0.2) is 12.3 Å². The summed E-state index contributed by atoms with van der Waals surface area (Å²) in [6.45, 7) is 7.85. The van der Waals surface area contributed by atoms with Gasteiger partial charge in [0, 0.05) is 30.7 Å². The zero-order valence-corrected chi connectivity index (χ0v) is 17.5. The third-order valence-electron chi connectivity index (χ3n) is 4.72. The Bertz CT molecular complexity index is 1040. The van der Waals surface area contributed by atoms with Crippen LogP contribution in [-0.2, 0) is 23.1 Å². The molecule has 152 valence electrons. The van der Waals surface area contributed by atoms with Crippen LogP contribution < -0.4 is 0 Å². The molecule has 0 fully saturated rings. The Hall–Kier alpha value is -3.22. The van der Waals surface area contributed by atoms with E-state index in [1.165, 1.54) is 6.20 Å². The van der Waals surface area contributed by atoms with Gasteiger partial charge in [-0.2, -0.15) is 5.10 Å². The molecule has 3 rings (SSSR count). The Morgan fingerprint density at radius 3 is 2.52 bits per heavy atom. The second-order valence-electron chi connectivity index (χ2n) is 8.02. The number of aromatic nitrogens is 3. The van der Waals surface area contributed by atoms with Crippen LogP contribution in [0.1, 0.15) is 42.4 Å². The van der Waals surface area contributed by atoms with Gasteiger partial charge in [-0.1, -0.05) is 30.3 Å².